The normalized spacial score (nSPS) is 10.7. The molecule has 0 saturated carbocycles. The molecule has 0 N–H and O–H groups in total. The van der Waals surface area contributed by atoms with Crippen molar-refractivity contribution >= 4 is 31.9 Å². The summed E-state index contributed by atoms with van der Waals surface area (Å²) >= 11 is 5.89. The third-order valence-corrected chi connectivity index (χ3v) is 2.40. The molecular weight excluding hydrogens is 338 g/mol. The van der Waals surface area contributed by atoms with Crippen LogP contribution in [-0.2, 0) is 0 Å². The molecule has 0 spiro atoms. The van der Waals surface area contributed by atoms with Crippen molar-refractivity contribution in [1.82, 2.24) is 10.1 Å². The van der Waals surface area contributed by atoms with Gasteiger partial charge < -0.3 is 4.52 Å². The van der Waals surface area contributed by atoms with E-state index in [-0.39, 0.29) is 16.2 Å². The fourth-order valence-corrected chi connectivity index (χ4v) is 1.69. The van der Waals surface area contributed by atoms with Gasteiger partial charge in [-0.2, -0.15) is 4.98 Å². The number of halogens is 4. The van der Waals surface area contributed by atoms with E-state index >= 15 is 0 Å². The molecule has 1 heterocycles. The Morgan fingerprint density at radius 3 is 2.20 bits per heavy atom. The molecule has 0 atom stereocenters. The van der Waals surface area contributed by atoms with E-state index in [9.17, 15) is 8.78 Å². The Hall–Kier alpha value is -0.820. The zero-order chi connectivity index (χ0) is 11.0. The van der Waals surface area contributed by atoms with E-state index in [1.807, 2.05) is 0 Å². The number of rotatable bonds is 1. The van der Waals surface area contributed by atoms with E-state index in [0.717, 1.165) is 12.1 Å². The van der Waals surface area contributed by atoms with Gasteiger partial charge in [-0.05, 0) is 33.2 Å². The SMILES string of the molecule is Fc1cc(Br)cc(F)c1-c1nc(Br)no1. The van der Waals surface area contributed by atoms with E-state index < -0.39 is 11.6 Å². The maximum Gasteiger partial charge on any atom is 0.264 e. The van der Waals surface area contributed by atoms with Crippen LogP contribution in [0.25, 0.3) is 11.5 Å². The van der Waals surface area contributed by atoms with Crippen LogP contribution in [0, 0.1) is 11.6 Å². The lowest BCUT2D eigenvalue weighted by molar-refractivity contribution is 0.420. The molecule has 3 nitrogen and oxygen atoms in total. The minimum absolute atomic E-state index is 0.138. The molecule has 0 radical (unpaired) electrons. The third kappa shape index (κ3) is 2.07. The predicted octanol–water partition coefficient (Wildman–Crippen LogP) is 3.54. The number of benzene rings is 1. The Bertz CT molecular complexity index is 492. The molecule has 7 heteroatoms. The molecule has 0 fully saturated rings. The van der Waals surface area contributed by atoms with Gasteiger partial charge in [0.25, 0.3) is 5.89 Å². The quantitative estimate of drug-likeness (QED) is 0.797. The minimum Gasteiger partial charge on any atom is -0.333 e. The van der Waals surface area contributed by atoms with Gasteiger partial charge in [-0.3, -0.25) is 0 Å². The summed E-state index contributed by atoms with van der Waals surface area (Å²) in [5, 5.41) is 3.38. The topological polar surface area (TPSA) is 38.9 Å². The molecule has 0 aliphatic rings. The van der Waals surface area contributed by atoms with E-state index in [0.29, 0.717) is 4.47 Å². The summed E-state index contributed by atoms with van der Waals surface area (Å²) in [6.45, 7) is 0. The van der Waals surface area contributed by atoms with Gasteiger partial charge in [-0.15, -0.1) is 0 Å². The smallest absolute Gasteiger partial charge is 0.264 e. The standard InChI is InChI=1S/C8H2Br2F2N2O/c9-3-1-4(11)6(5(12)2-3)7-13-8(10)14-15-7/h1-2H. The van der Waals surface area contributed by atoms with Crippen LogP contribution in [0.2, 0.25) is 0 Å². The van der Waals surface area contributed by atoms with E-state index in [1.165, 1.54) is 0 Å². The summed E-state index contributed by atoms with van der Waals surface area (Å²) in [5.41, 5.74) is -0.337. The lowest BCUT2D eigenvalue weighted by Gasteiger charge is -1.99. The van der Waals surface area contributed by atoms with Gasteiger partial charge >= 0.3 is 0 Å². The van der Waals surface area contributed by atoms with Crippen molar-refractivity contribution in [2.24, 2.45) is 0 Å². The van der Waals surface area contributed by atoms with E-state index in [2.05, 4.69) is 46.5 Å². The van der Waals surface area contributed by atoms with Crippen molar-refractivity contribution in [3.05, 3.63) is 33.0 Å². The van der Waals surface area contributed by atoms with Crippen molar-refractivity contribution in [2.45, 2.75) is 0 Å². The molecule has 2 rings (SSSR count). The molecule has 0 saturated heterocycles. The zero-order valence-electron chi connectivity index (χ0n) is 6.97. The highest BCUT2D eigenvalue weighted by Crippen LogP contribution is 2.28. The van der Waals surface area contributed by atoms with Crippen LogP contribution in [0.3, 0.4) is 0 Å². The summed E-state index contributed by atoms with van der Waals surface area (Å²) in [7, 11) is 0. The zero-order valence-corrected chi connectivity index (χ0v) is 10.1. The van der Waals surface area contributed by atoms with Gasteiger partial charge in [0.2, 0.25) is 4.73 Å². The minimum atomic E-state index is -0.766. The first-order valence-corrected chi connectivity index (χ1v) is 5.30. The number of hydrogen-bond acceptors (Lipinski definition) is 3. The molecule has 0 unspecified atom stereocenters. The summed E-state index contributed by atoms with van der Waals surface area (Å²) in [4.78, 5) is 3.68. The molecule has 0 aliphatic carbocycles. The van der Waals surface area contributed by atoms with Crippen LogP contribution < -0.4 is 0 Å². The van der Waals surface area contributed by atoms with Gasteiger partial charge in [0, 0.05) is 4.47 Å². The second-order valence-electron chi connectivity index (χ2n) is 2.61. The second kappa shape index (κ2) is 3.97. The van der Waals surface area contributed by atoms with Gasteiger partial charge in [0.05, 0.1) is 0 Å². The van der Waals surface area contributed by atoms with Crippen molar-refractivity contribution in [1.29, 1.82) is 0 Å². The average Bonchev–Trinajstić information content (AvgIpc) is 2.49. The fourth-order valence-electron chi connectivity index (χ4n) is 1.05. The Morgan fingerprint density at radius 2 is 1.73 bits per heavy atom. The maximum atomic E-state index is 13.4. The molecule has 78 valence electrons. The van der Waals surface area contributed by atoms with Crippen LogP contribution in [0.4, 0.5) is 8.78 Å². The first kappa shape index (κ1) is 10.7. The van der Waals surface area contributed by atoms with Crippen LogP contribution >= 0.6 is 31.9 Å². The van der Waals surface area contributed by atoms with Crippen LogP contribution in [0.1, 0.15) is 0 Å². The summed E-state index contributed by atoms with van der Waals surface area (Å²) in [6.07, 6.45) is 0. The highest BCUT2D eigenvalue weighted by atomic mass is 79.9. The van der Waals surface area contributed by atoms with Crippen molar-refractivity contribution in [3.63, 3.8) is 0 Å². The molecule has 1 aromatic carbocycles. The van der Waals surface area contributed by atoms with Crippen molar-refractivity contribution in [2.75, 3.05) is 0 Å². The van der Waals surface area contributed by atoms with Crippen molar-refractivity contribution < 1.29 is 13.3 Å². The molecule has 15 heavy (non-hydrogen) atoms. The van der Waals surface area contributed by atoms with Gasteiger partial charge in [0.15, 0.2) is 0 Å². The summed E-state index contributed by atoms with van der Waals surface area (Å²) < 4.78 is 31.9. The Morgan fingerprint density at radius 1 is 1.13 bits per heavy atom. The van der Waals surface area contributed by atoms with Crippen LogP contribution in [0.15, 0.2) is 25.9 Å². The Kier molecular flexibility index (Phi) is 2.83. The van der Waals surface area contributed by atoms with Gasteiger partial charge in [-0.1, -0.05) is 15.9 Å². The van der Waals surface area contributed by atoms with Gasteiger partial charge in [0.1, 0.15) is 17.2 Å². The monoisotopic (exact) mass is 338 g/mol. The highest BCUT2D eigenvalue weighted by molar-refractivity contribution is 9.10. The lowest BCUT2D eigenvalue weighted by Crippen LogP contribution is -1.90. The van der Waals surface area contributed by atoms with Crippen LogP contribution in [-0.4, -0.2) is 10.1 Å². The molecule has 0 amide bonds. The highest BCUT2D eigenvalue weighted by Gasteiger charge is 2.18. The Balaban J connectivity index is 2.62. The van der Waals surface area contributed by atoms with E-state index in [1.54, 1.807) is 0 Å². The predicted molar refractivity (Wildman–Crippen MR) is 55.0 cm³/mol. The first-order valence-electron chi connectivity index (χ1n) is 3.72. The number of aromatic nitrogens is 2. The largest absolute Gasteiger partial charge is 0.333 e. The lowest BCUT2D eigenvalue weighted by atomic mass is 10.2. The van der Waals surface area contributed by atoms with Gasteiger partial charge in [-0.25, -0.2) is 8.78 Å². The van der Waals surface area contributed by atoms with Crippen molar-refractivity contribution in [3.8, 4) is 11.5 Å². The van der Waals surface area contributed by atoms with Crippen LogP contribution in [0.5, 0.6) is 0 Å². The number of nitrogens with zero attached hydrogens (tertiary/aromatic N) is 2. The molecule has 1 aromatic heterocycles. The summed E-state index contributed by atoms with van der Waals surface area (Å²) in [6, 6.07) is 2.24. The average molecular weight is 340 g/mol. The number of hydrogen-bond donors (Lipinski definition) is 0. The second-order valence-corrected chi connectivity index (χ2v) is 4.24. The van der Waals surface area contributed by atoms with E-state index in [4.69, 9.17) is 0 Å². The maximum absolute atomic E-state index is 13.4. The molecule has 0 aliphatic heterocycles. The Labute approximate surface area is 99.7 Å². The molecule has 0 bridgehead atoms. The molecule has 2 aromatic rings. The summed E-state index contributed by atoms with van der Waals surface area (Å²) in [5.74, 6) is -1.74. The fraction of sp³-hybridized carbons (Fsp3) is 0. The first-order chi connectivity index (χ1) is 7.08. The molecular formula is C8H2Br2F2N2O. The third-order valence-electron chi connectivity index (χ3n) is 1.62.